The van der Waals surface area contributed by atoms with Crippen molar-refractivity contribution in [2.75, 3.05) is 46.4 Å². The van der Waals surface area contributed by atoms with Crippen molar-refractivity contribution in [1.29, 1.82) is 0 Å². The summed E-state index contributed by atoms with van der Waals surface area (Å²) in [5.74, 6) is -0.172. The van der Waals surface area contributed by atoms with Gasteiger partial charge in [0.2, 0.25) is 0 Å². The summed E-state index contributed by atoms with van der Waals surface area (Å²) in [5, 5.41) is 0.736. The van der Waals surface area contributed by atoms with E-state index in [1.807, 2.05) is 44.2 Å². The zero-order chi connectivity index (χ0) is 24.2. The highest BCUT2D eigenvalue weighted by Crippen LogP contribution is 2.33. The Labute approximate surface area is 200 Å². The minimum atomic E-state index is -0.365. The number of ether oxygens (including phenoxy) is 2. The molecule has 0 N–H and O–H groups in total. The van der Waals surface area contributed by atoms with Crippen LogP contribution in [0.15, 0.2) is 42.5 Å². The second kappa shape index (κ2) is 10.4. The predicted molar refractivity (Wildman–Crippen MR) is 132 cm³/mol. The molecule has 0 spiro atoms. The first-order valence-corrected chi connectivity index (χ1v) is 11.8. The summed E-state index contributed by atoms with van der Waals surface area (Å²) in [5.41, 5.74) is 4.25. The number of rotatable bonds is 7. The number of carbonyl (C=O) groups is 2. The monoisotopic (exact) mass is 463 g/mol. The van der Waals surface area contributed by atoms with E-state index in [1.54, 1.807) is 6.92 Å². The van der Waals surface area contributed by atoms with Crippen LogP contribution in [-0.2, 0) is 16.1 Å². The third-order valence-corrected chi connectivity index (χ3v) is 6.46. The maximum atomic E-state index is 12.9. The third-order valence-electron chi connectivity index (χ3n) is 6.46. The second-order valence-corrected chi connectivity index (χ2v) is 8.94. The van der Waals surface area contributed by atoms with Crippen molar-refractivity contribution in [2.24, 2.45) is 0 Å². The molecule has 1 aromatic heterocycles. The highest BCUT2D eigenvalue weighted by Gasteiger charge is 2.24. The lowest BCUT2D eigenvalue weighted by Gasteiger charge is -2.31. The molecule has 0 atom stereocenters. The molecule has 7 heteroatoms. The van der Waals surface area contributed by atoms with Crippen LogP contribution in [0.25, 0.3) is 10.9 Å². The summed E-state index contributed by atoms with van der Waals surface area (Å²) < 4.78 is 13.3. The fraction of sp³-hybridized carbons (Fsp3) is 0.407. The van der Waals surface area contributed by atoms with Crippen molar-refractivity contribution < 1.29 is 19.1 Å². The number of carbonyl (C=O) groups excluding carboxylic acids is 2. The van der Waals surface area contributed by atoms with E-state index in [4.69, 9.17) is 9.47 Å². The Balaban J connectivity index is 1.67. The summed E-state index contributed by atoms with van der Waals surface area (Å²) in [6.45, 7) is 10.4. The van der Waals surface area contributed by atoms with Gasteiger partial charge in [-0.25, -0.2) is 4.79 Å². The van der Waals surface area contributed by atoms with Gasteiger partial charge in [-0.3, -0.25) is 9.69 Å². The predicted octanol–water partition coefficient (Wildman–Crippen LogP) is 3.64. The lowest BCUT2D eigenvalue weighted by atomic mass is 10.1. The summed E-state index contributed by atoms with van der Waals surface area (Å²) in [4.78, 5) is 30.0. The van der Waals surface area contributed by atoms with Crippen LogP contribution < -0.4 is 4.74 Å². The van der Waals surface area contributed by atoms with E-state index in [-0.39, 0.29) is 18.5 Å². The molecular weight excluding hydrogens is 430 g/mol. The molecule has 180 valence electrons. The molecule has 7 nitrogen and oxygen atoms in total. The molecule has 1 aliphatic rings. The minimum absolute atomic E-state index is 0.254. The molecule has 0 aliphatic carbocycles. The fourth-order valence-electron chi connectivity index (χ4n) is 4.49. The Kier molecular flexibility index (Phi) is 7.34. The maximum absolute atomic E-state index is 12.9. The number of likely N-dealkylation sites (N-methyl/N-ethyl adjacent to an activating group) is 1. The second-order valence-electron chi connectivity index (χ2n) is 8.94. The van der Waals surface area contributed by atoms with E-state index >= 15 is 0 Å². The number of piperazine rings is 1. The average Bonchev–Trinajstić information content (AvgIpc) is 3.07. The van der Waals surface area contributed by atoms with Gasteiger partial charge in [-0.15, -0.1) is 0 Å². The van der Waals surface area contributed by atoms with Crippen molar-refractivity contribution in [3.63, 3.8) is 0 Å². The number of hydrogen-bond donors (Lipinski definition) is 0. The highest BCUT2D eigenvalue weighted by atomic mass is 16.5. The van der Waals surface area contributed by atoms with Gasteiger partial charge < -0.3 is 18.9 Å². The fourth-order valence-corrected chi connectivity index (χ4v) is 4.49. The van der Waals surface area contributed by atoms with Gasteiger partial charge in [0.1, 0.15) is 5.75 Å². The Hall–Kier alpha value is -3.16. The molecular formula is C27H33N3O4. The third kappa shape index (κ3) is 5.16. The Bertz CT molecular complexity index is 1180. The molecule has 2 aromatic carbocycles. The zero-order valence-electron chi connectivity index (χ0n) is 20.5. The lowest BCUT2D eigenvalue weighted by Crippen LogP contribution is -2.46. The molecule has 1 saturated heterocycles. The van der Waals surface area contributed by atoms with Crippen molar-refractivity contribution in [3.8, 4) is 5.75 Å². The van der Waals surface area contributed by atoms with E-state index < -0.39 is 0 Å². The van der Waals surface area contributed by atoms with Crippen molar-refractivity contribution in [3.05, 3.63) is 64.8 Å². The van der Waals surface area contributed by atoms with Crippen LogP contribution in [0, 0.1) is 13.8 Å². The molecule has 2 heterocycles. The first-order valence-electron chi connectivity index (χ1n) is 11.8. The summed E-state index contributed by atoms with van der Waals surface area (Å²) >= 11 is 0. The van der Waals surface area contributed by atoms with Gasteiger partial charge in [-0.2, -0.15) is 0 Å². The molecule has 3 aromatic rings. The zero-order valence-corrected chi connectivity index (χ0v) is 20.5. The SMILES string of the molecule is CCOC(=O)c1c(C)n(Cc2ccccc2)c2cc(C)c(OC(=O)CN3CCN(C)CC3)cc12. The summed E-state index contributed by atoms with van der Waals surface area (Å²) in [6, 6.07) is 13.9. The van der Waals surface area contributed by atoms with Gasteiger partial charge in [0.25, 0.3) is 0 Å². The molecule has 0 unspecified atom stereocenters. The van der Waals surface area contributed by atoms with Crippen LogP contribution in [-0.4, -0.2) is 72.7 Å². The van der Waals surface area contributed by atoms with E-state index in [9.17, 15) is 9.59 Å². The van der Waals surface area contributed by atoms with Crippen LogP contribution in [0.1, 0.15) is 34.1 Å². The molecule has 0 bridgehead atoms. The topological polar surface area (TPSA) is 64.0 Å². The average molecular weight is 464 g/mol. The molecule has 1 aliphatic heterocycles. The van der Waals surface area contributed by atoms with Crippen LogP contribution in [0.5, 0.6) is 5.75 Å². The standard InChI is InChI=1S/C27H33N3O4/c1-5-33-27(32)26-20(3)30(17-21-9-7-6-8-10-21)23-15-19(2)24(16-22(23)26)34-25(31)18-29-13-11-28(4)12-14-29/h6-10,15-16H,5,11-14,17-18H2,1-4H3. The van der Waals surface area contributed by atoms with Crippen LogP contribution in [0.2, 0.25) is 0 Å². The van der Waals surface area contributed by atoms with E-state index in [0.29, 0.717) is 24.5 Å². The quantitative estimate of drug-likeness (QED) is 0.394. The van der Waals surface area contributed by atoms with E-state index in [2.05, 4.69) is 33.5 Å². The van der Waals surface area contributed by atoms with Gasteiger partial charge in [-0.05, 0) is 51.1 Å². The number of nitrogens with zero attached hydrogens (tertiary/aromatic N) is 3. The Morgan fingerprint density at radius 3 is 2.38 bits per heavy atom. The summed E-state index contributed by atoms with van der Waals surface area (Å²) in [6.07, 6.45) is 0. The number of aryl methyl sites for hydroxylation is 1. The van der Waals surface area contributed by atoms with Crippen molar-refractivity contribution in [2.45, 2.75) is 27.3 Å². The molecule has 0 saturated carbocycles. The van der Waals surface area contributed by atoms with Gasteiger partial charge >= 0.3 is 11.9 Å². The van der Waals surface area contributed by atoms with Gasteiger partial charge in [0.15, 0.2) is 0 Å². The Morgan fingerprint density at radius 1 is 1.00 bits per heavy atom. The maximum Gasteiger partial charge on any atom is 0.340 e. The van der Waals surface area contributed by atoms with Gasteiger partial charge in [-0.1, -0.05) is 30.3 Å². The Morgan fingerprint density at radius 2 is 1.71 bits per heavy atom. The van der Waals surface area contributed by atoms with Crippen LogP contribution >= 0.6 is 0 Å². The molecule has 0 radical (unpaired) electrons. The molecule has 4 rings (SSSR count). The summed E-state index contributed by atoms with van der Waals surface area (Å²) in [7, 11) is 2.08. The molecule has 1 fully saturated rings. The van der Waals surface area contributed by atoms with Gasteiger partial charge in [0, 0.05) is 49.3 Å². The highest BCUT2D eigenvalue weighted by molar-refractivity contribution is 6.06. The normalized spacial score (nSPS) is 14.9. The first-order chi connectivity index (χ1) is 16.4. The lowest BCUT2D eigenvalue weighted by molar-refractivity contribution is -0.136. The largest absolute Gasteiger partial charge is 0.462 e. The number of esters is 2. The molecule has 0 amide bonds. The number of benzene rings is 2. The number of fused-ring (bicyclic) bond motifs is 1. The smallest absolute Gasteiger partial charge is 0.340 e. The van der Waals surface area contributed by atoms with Crippen LogP contribution in [0.4, 0.5) is 0 Å². The van der Waals surface area contributed by atoms with Crippen molar-refractivity contribution in [1.82, 2.24) is 14.4 Å². The number of aromatic nitrogens is 1. The molecule has 34 heavy (non-hydrogen) atoms. The van der Waals surface area contributed by atoms with E-state index in [0.717, 1.165) is 53.9 Å². The minimum Gasteiger partial charge on any atom is -0.462 e. The first kappa shape index (κ1) is 24.0. The van der Waals surface area contributed by atoms with Crippen LogP contribution in [0.3, 0.4) is 0 Å². The van der Waals surface area contributed by atoms with Gasteiger partial charge in [0.05, 0.1) is 18.7 Å². The van der Waals surface area contributed by atoms with E-state index in [1.165, 1.54) is 0 Å². The van der Waals surface area contributed by atoms with Crippen molar-refractivity contribution >= 4 is 22.8 Å². The number of hydrogen-bond acceptors (Lipinski definition) is 6.